The summed E-state index contributed by atoms with van der Waals surface area (Å²) in [5.74, 6) is 1.16. The summed E-state index contributed by atoms with van der Waals surface area (Å²) < 4.78 is 1.75. The first-order valence-corrected chi connectivity index (χ1v) is 5.59. The van der Waals surface area contributed by atoms with Gasteiger partial charge in [-0.25, -0.2) is 9.67 Å². The zero-order valence-corrected chi connectivity index (χ0v) is 10.2. The monoisotopic (exact) mass is 229 g/mol. The van der Waals surface area contributed by atoms with Crippen LogP contribution in [0.4, 0.5) is 0 Å². The third-order valence-corrected chi connectivity index (χ3v) is 2.63. The molecule has 2 aromatic heterocycles. The lowest BCUT2D eigenvalue weighted by Crippen LogP contribution is -2.03. The summed E-state index contributed by atoms with van der Waals surface area (Å²) in [5, 5.41) is 4.46. The SMILES string of the molecule is Cc1cc(C=O)cnc1-n1ccc(C(C)C)n1. The van der Waals surface area contributed by atoms with Gasteiger partial charge in [0.25, 0.3) is 0 Å². The summed E-state index contributed by atoms with van der Waals surface area (Å²) in [6.45, 7) is 6.12. The molecule has 0 N–H and O–H groups in total. The molecule has 0 unspecified atom stereocenters. The van der Waals surface area contributed by atoms with E-state index in [4.69, 9.17) is 0 Å². The van der Waals surface area contributed by atoms with Crippen molar-refractivity contribution >= 4 is 6.29 Å². The molecule has 4 heteroatoms. The first-order valence-electron chi connectivity index (χ1n) is 5.59. The Morgan fingerprint density at radius 1 is 1.41 bits per heavy atom. The number of hydrogen-bond acceptors (Lipinski definition) is 3. The van der Waals surface area contributed by atoms with Gasteiger partial charge in [0, 0.05) is 18.0 Å². The summed E-state index contributed by atoms with van der Waals surface area (Å²) in [6.07, 6.45) is 4.25. The van der Waals surface area contributed by atoms with Crippen LogP contribution in [0.2, 0.25) is 0 Å². The Kier molecular flexibility index (Phi) is 3.04. The molecule has 0 bridgehead atoms. The Labute approximate surface area is 100 Å². The van der Waals surface area contributed by atoms with Crippen molar-refractivity contribution in [2.75, 3.05) is 0 Å². The van der Waals surface area contributed by atoms with Gasteiger partial charge in [-0.15, -0.1) is 0 Å². The maximum Gasteiger partial charge on any atom is 0.156 e. The Bertz CT molecular complexity index is 543. The number of nitrogens with zero attached hydrogens (tertiary/aromatic N) is 3. The number of rotatable bonds is 3. The summed E-state index contributed by atoms with van der Waals surface area (Å²) in [5.41, 5.74) is 2.56. The van der Waals surface area contributed by atoms with E-state index in [1.165, 1.54) is 0 Å². The van der Waals surface area contributed by atoms with E-state index < -0.39 is 0 Å². The molecule has 2 rings (SSSR count). The highest BCUT2D eigenvalue weighted by Crippen LogP contribution is 2.15. The van der Waals surface area contributed by atoms with Gasteiger partial charge in [0.15, 0.2) is 12.1 Å². The van der Waals surface area contributed by atoms with Crippen LogP contribution < -0.4 is 0 Å². The molecule has 0 fully saturated rings. The summed E-state index contributed by atoms with van der Waals surface area (Å²) in [6, 6.07) is 3.80. The number of aryl methyl sites for hydroxylation is 1. The average Bonchev–Trinajstić information content (AvgIpc) is 2.78. The standard InChI is InChI=1S/C13H15N3O/c1-9(2)12-4-5-16(15-12)13-10(3)6-11(8-17)7-14-13/h4-9H,1-3H3. The minimum atomic E-state index is 0.394. The first-order chi connectivity index (χ1) is 8.11. The number of aromatic nitrogens is 3. The van der Waals surface area contributed by atoms with Crippen molar-refractivity contribution < 1.29 is 4.79 Å². The molecule has 0 aromatic carbocycles. The molecule has 17 heavy (non-hydrogen) atoms. The Balaban J connectivity index is 2.42. The van der Waals surface area contributed by atoms with Crippen LogP contribution in [-0.2, 0) is 0 Å². The molecular formula is C13H15N3O. The second-order valence-electron chi connectivity index (χ2n) is 4.37. The highest BCUT2D eigenvalue weighted by atomic mass is 16.1. The van der Waals surface area contributed by atoms with E-state index in [9.17, 15) is 4.79 Å². The smallest absolute Gasteiger partial charge is 0.156 e. The molecule has 0 atom stereocenters. The van der Waals surface area contributed by atoms with E-state index in [-0.39, 0.29) is 0 Å². The quantitative estimate of drug-likeness (QED) is 0.760. The lowest BCUT2D eigenvalue weighted by Gasteiger charge is -2.05. The van der Waals surface area contributed by atoms with Crippen molar-refractivity contribution in [2.45, 2.75) is 26.7 Å². The van der Waals surface area contributed by atoms with Crippen molar-refractivity contribution in [2.24, 2.45) is 0 Å². The zero-order valence-electron chi connectivity index (χ0n) is 10.2. The number of carbonyl (C=O) groups excluding carboxylic acids is 1. The summed E-state index contributed by atoms with van der Waals surface area (Å²) >= 11 is 0. The van der Waals surface area contributed by atoms with Gasteiger partial charge in [0.2, 0.25) is 0 Å². The van der Waals surface area contributed by atoms with Gasteiger partial charge < -0.3 is 0 Å². The van der Waals surface area contributed by atoms with Gasteiger partial charge in [0.05, 0.1) is 5.69 Å². The number of carbonyl (C=O) groups is 1. The van der Waals surface area contributed by atoms with Crippen molar-refractivity contribution in [3.8, 4) is 5.82 Å². The molecule has 0 amide bonds. The van der Waals surface area contributed by atoms with Crippen molar-refractivity contribution in [3.05, 3.63) is 41.3 Å². The van der Waals surface area contributed by atoms with Gasteiger partial charge in [-0.05, 0) is 30.5 Å². The Hall–Kier alpha value is -1.97. The number of aldehydes is 1. The van der Waals surface area contributed by atoms with Gasteiger partial charge in [-0.1, -0.05) is 13.8 Å². The van der Waals surface area contributed by atoms with Gasteiger partial charge in [-0.2, -0.15) is 5.10 Å². The van der Waals surface area contributed by atoms with Crippen LogP contribution in [0.3, 0.4) is 0 Å². The van der Waals surface area contributed by atoms with Crippen LogP contribution in [-0.4, -0.2) is 21.1 Å². The molecular weight excluding hydrogens is 214 g/mol. The van der Waals surface area contributed by atoms with Crippen LogP contribution in [0.1, 0.15) is 41.4 Å². The predicted octanol–water partition coefficient (Wildman–Crippen LogP) is 2.51. The molecule has 2 heterocycles. The van der Waals surface area contributed by atoms with Crippen LogP contribution in [0.15, 0.2) is 24.5 Å². The van der Waals surface area contributed by atoms with Gasteiger partial charge in [-0.3, -0.25) is 4.79 Å². The molecule has 2 aromatic rings. The maximum atomic E-state index is 10.6. The van der Waals surface area contributed by atoms with E-state index in [0.29, 0.717) is 11.5 Å². The van der Waals surface area contributed by atoms with E-state index in [2.05, 4.69) is 23.9 Å². The minimum absolute atomic E-state index is 0.394. The Morgan fingerprint density at radius 3 is 2.71 bits per heavy atom. The minimum Gasteiger partial charge on any atom is -0.298 e. The van der Waals surface area contributed by atoms with Crippen molar-refractivity contribution in [1.82, 2.24) is 14.8 Å². The number of pyridine rings is 1. The fraction of sp³-hybridized carbons (Fsp3) is 0.308. The van der Waals surface area contributed by atoms with Gasteiger partial charge in [0.1, 0.15) is 0 Å². The topological polar surface area (TPSA) is 47.8 Å². The molecule has 0 saturated heterocycles. The second kappa shape index (κ2) is 4.49. The van der Waals surface area contributed by atoms with Gasteiger partial charge >= 0.3 is 0 Å². The molecule has 88 valence electrons. The first kappa shape index (κ1) is 11.5. The zero-order chi connectivity index (χ0) is 12.4. The van der Waals surface area contributed by atoms with Crippen molar-refractivity contribution in [3.63, 3.8) is 0 Å². The summed E-state index contributed by atoms with van der Waals surface area (Å²) in [4.78, 5) is 14.9. The third-order valence-electron chi connectivity index (χ3n) is 2.63. The Morgan fingerprint density at radius 2 is 2.18 bits per heavy atom. The molecule has 0 aliphatic heterocycles. The molecule has 0 radical (unpaired) electrons. The van der Waals surface area contributed by atoms with Crippen LogP contribution in [0.25, 0.3) is 5.82 Å². The van der Waals surface area contributed by atoms with E-state index in [1.54, 1.807) is 10.9 Å². The molecule has 0 spiro atoms. The maximum absolute atomic E-state index is 10.6. The third kappa shape index (κ3) is 2.25. The van der Waals surface area contributed by atoms with E-state index in [0.717, 1.165) is 23.4 Å². The molecule has 0 saturated carbocycles. The van der Waals surface area contributed by atoms with E-state index >= 15 is 0 Å². The molecule has 0 aliphatic carbocycles. The largest absolute Gasteiger partial charge is 0.298 e. The molecule has 0 aliphatic rings. The molecule has 4 nitrogen and oxygen atoms in total. The lowest BCUT2D eigenvalue weighted by atomic mass is 10.1. The predicted molar refractivity (Wildman–Crippen MR) is 65.6 cm³/mol. The fourth-order valence-corrected chi connectivity index (χ4v) is 1.66. The average molecular weight is 229 g/mol. The number of hydrogen-bond donors (Lipinski definition) is 0. The highest BCUT2D eigenvalue weighted by Gasteiger charge is 2.08. The van der Waals surface area contributed by atoms with E-state index in [1.807, 2.05) is 25.3 Å². The van der Waals surface area contributed by atoms with Crippen molar-refractivity contribution in [1.29, 1.82) is 0 Å². The summed E-state index contributed by atoms with van der Waals surface area (Å²) in [7, 11) is 0. The fourth-order valence-electron chi connectivity index (χ4n) is 1.66. The van der Waals surface area contributed by atoms with Crippen LogP contribution >= 0.6 is 0 Å². The van der Waals surface area contributed by atoms with Crippen LogP contribution in [0.5, 0.6) is 0 Å². The lowest BCUT2D eigenvalue weighted by molar-refractivity contribution is 0.112. The normalized spacial score (nSPS) is 10.8. The highest BCUT2D eigenvalue weighted by molar-refractivity contribution is 5.74. The van der Waals surface area contributed by atoms with Crippen LogP contribution in [0, 0.1) is 6.92 Å². The second-order valence-corrected chi connectivity index (χ2v) is 4.37.